The van der Waals surface area contributed by atoms with E-state index in [1.54, 1.807) is 19.4 Å². The number of halogens is 1. The molecule has 0 saturated carbocycles. The molecule has 0 unspecified atom stereocenters. The van der Waals surface area contributed by atoms with Crippen molar-refractivity contribution in [2.24, 2.45) is 5.10 Å². The van der Waals surface area contributed by atoms with Crippen molar-refractivity contribution in [3.05, 3.63) is 69.7 Å². The molecule has 5 nitrogen and oxygen atoms in total. The molecule has 1 heterocycles. The first-order valence-electron chi connectivity index (χ1n) is 7.90. The molecule has 2 aromatic carbocycles. The first kappa shape index (κ1) is 18.2. The SMILES string of the molecule is COc1ccc(C=NNc2nc(C)cs2)cc1COc1cccc(Cl)c1. The van der Waals surface area contributed by atoms with Crippen LogP contribution in [0.3, 0.4) is 0 Å². The summed E-state index contributed by atoms with van der Waals surface area (Å²) < 4.78 is 11.2. The van der Waals surface area contributed by atoms with Gasteiger partial charge in [0.05, 0.1) is 19.0 Å². The zero-order valence-corrected chi connectivity index (χ0v) is 16.0. The summed E-state index contributed by atoms with van der Waals surface area (Å²) in [6.45, 7) is 2.31. The quantitative estimate of drug-likeness (QED) is 0.450. The molecule has 1 aromatic heterocycles. The van der Waals surface area contributed by atoms with Crippen molar-refractivity contribution in [2.45, 2.75) is 13.5 Å². The highest BCUT2D eigenvalue weighted by Crippen LogP contribution is 2.23. The number of benzene rings is 2. The molecule has 3 rings (SSSR count). The Kier molecular flexibility index (Phi) is 6.09. The van der Waals surface area contributed by atoms with E-state index in [1.807, 2.05) is 48.7 Å². The monoisotopic (exact) mass is 387 g/mol. The second-order valence-electron chi connectivity index (χ2n) is 5.48. The molecule has 0 aliphatic rings. The van der Waals surface area contributed by atoms with Gasteiger partial charge in [0.25, 0.3) is 0 Å². The minimum atomic E-state index is 0.365. The van der Waals surface area contributed by atoms with Crippen molar-refractivity contribution in [3.63, 3.8) is 0 Å². The predicted molar refractivity (Wildman–Crippen MR) is 107 cm³/mol. The lowest BCUT2D eigenvalue weighted by atomic mass is 10.1. The Bertz CT molecular complexity index is 911. The minimum absolute atomic E-state index is 0.365. The van der Waals surface area contributed by atoms with Crippen LogP contribution >= 0.6 is 22.9 Å². The number of rotatable bonds is 7. The fourth-order valence-corrected chi connectivity index (χ4v) is 3.09. The van der Waals surface area contributed by atoms with Crippen LogP contribution in [0.25, 0.3) is 0 Å². The highest BCUT2D eigenvalue weighted by Gasteiger charge is 2.06. The molecule has 134 valence electrons. The van der Waals surface area contributed by atoms with E-state index in [0.717, 1.165) is 27.7 Å². The van der Waals surface area contributed by atoms with E-state index in [4.69, 9.17) is 21.1 Å². The van der Waals surface area contributed by atoms with E-state index in [-0.39, 0.29) is 0 Å². The lowest BCUT2D eigenvalue weighted by Gasteiger charge is -2.11. The largest absolute Gasteiger partial charge is 0.496 e. The molecule has 0 fully saturated rings. The third-order valence-electron chi connectivity index (χ3n) is 3.49. The van der Waals surface area contributed by atoms with Crippen LogP contribution < -0.4 is 14.9 Å². The van der Waals surface area contributed by atoms with Gasteiger partial charge in [0, 0.05) is 16.0 Å². The van der Waals surface area contributed by atoms with Crippen LogP contribution in [0, 0.1) is 6.92 Å². The first-order valence-corrected chi connectivity index (χ1v) is 9.16. The van der Waals surface area contributed by atoms with Gasteiger partial charge in [-0.15, -0.1) is 11.3 Å². The summed E-state index contributed by atoms with van der Waals surface area (Å²) in [7, 11) is 1.64. The van der Waals surface area contributed by atoms with Crippen molar-refractivity contribution < 1.29 is 9.47 Å². The summed E-state index contributed by atoms with van der Waals surface area (Å²) in [4.78, 5) is 4.30. The molecule has 0 bridgehead atoms. The van der Waals surface area contributed by atoms with E-state index in [9.17, 15) is 0 Å². The van der Waals surface area contributed by atoms with Gasteiger partial charge in [0.2, 0.25) is 5.13 Å². The Labute approximate surface area is 161 Å². The highest BCUT2D eigenvalue weighted by atomic mass is 35.5. The number of hydrogen-bond acceptors (Lipinski definition) is 6. The zero-order valence-electron chi connectivity index (χ0n) is 14.4. The maximum absolute atomic E-state index is 5.99. The molecule has 0 aliphatic heterocycles. The number of nitrogens with one attached hydrogen (secondary N) is 1. The van der Waals surface area contributed by atoms with Crippen LogP contribution in [0.5, 0.6) is 11.5 Å². The summed E-state index contributed by atoms with van der Waals surface area (Å²) in [6.07, 6.45) is 1.74. The summed E-state index contributed by atoms with van der Waals surface area (Å²) in [6, 6.07) is 13.1. The van der Waals surface area contributed by atoms with Gasteiger partial charge < -0.3 is 9.47 Å². The Morgan fingerprint density at radius 2 is 2.15 bits per heavy atom. The lowest BCUT2D eigenvalue weighted by molar-refractivity contribution is 0.296. The smallest absolute Gasteiger partial charge is 0.203 e. The van der Waals surface area contributed by atoms with Gasteiger partial charge in [-0.2, -0.15) is 5.10 Å². The second-order valence-corrected chi connectivity index (χ2v) is 6.78. The van der Waals surface area contributed by atoms with Gasteiger partial charge >= 0.3 is 0 Å². The van der Waals surface area contributed by atoms with Gasteiger partial charge in [0.1, 0.15) is 18.1 Å². The van der Waals surface area contributed by atoms with E-state index >= 15 is 0 Å². The van der Waals surface area contributed by atoms with Crippen LogP contribution in [0.1, 0.15) is 16.8 Å². The molecule has 0 atom stereocenters. The number of aromatic nitrogens is 1. The second kappa shape index (κ2) is 8.69. The predicted octanol–water partition coefficient (Wildman–Crippen LogP) is 5.14. The number of anilines is 1. The molecule has 3 aromatic rings. The first-order chi connectivity index (χ1) is 12.6. The van der Waals surface area contributed by atoms with E-state index in [2.05, 4.69) is 15.5 Å². The van der Waals surface area contributed by atoms with Crippen LogP contribution in [-0.2, 0) is 6.61 Å². The van der Waals surface area contributed by atoms with Crippen LogP contribution in [0.15, 0.2) is 52.9 Å². The van der Waals surface area contributed by atoms with Crippen molar-refractivity contribution in [3.8, 4) is 11.5 Å². The summed E-state index contributed by atoms with van der Waals surface area (Å²) in [5.74, 6) is 1.46. The summed E-state index contributed by atoms with van der Waals surface area (Å²) in [5.41, 5.74) is 5.74. The van der Waals surface area contributed by atoms with E-state index in [0.29, 0.717) is 17.4 Å². The number of hydrazone groups is 1. The third-order valence-corrected chi connectivity index (χ3v) is 4.59. The van der Waals surface area contributed by atoms with Crippen LogP contribution in [-0.4, -0.2) is 18.3 Å². The summed E-state index contributed by atoms with van der Waals surface area (Å²) in [5, 5.41) is 7.59. The Hall–Kier alpha value is -2.57. The van der Waals surface area contributed by atoms with E-state index < -0.39 is 0 Å². The van der Waals surface area contributed by atoms with Crippen molar-refractivity contribution in [1.29, 1.82) is 0 Å². The molecule has 26 heavy (non-hydrogen) atoms. The minimum Gasteiger partial charge on any atom is -0.496 e. The van der Waals surface area contributed by atoms with E-state index in [1.165, 1.54) is 11.3 Å². The number of ether oxygens (including phenoxy) is 2. The number of thiazole rings is 1. The maximum atomic E-state index is 5.99. The van der Waals surface area contributed by atoms with Gasteiger partial charge in [0.15, 0.2) is 0 Å². The molecule has 0 amide bonds. The normalized spacial score (nSPS) is 10.9. The Morgan fingerprint density at radius 3 is 2.88 bits per heavy atom. The molecule has 0 radical (unpaired) electrons. The molecule has 1 N–H and O–H groups in total. The van der Waals surface area contributed by atoms with Gasteiger partial charge in [-0.3, -0.25) is 5.43 Å². The van der Waals surface area contributed by atoms with Crippen LogP contribution in [0.2, 0.25) is 5.02 Å². The standard InChI is InChI=1S/C19H18ClN3O2S/c1-13-12-26-19(22-13)23-21-10-14-6-7-18(24-2)15(8-14)11-25-17-5-3-4-16(20)9-17/h3-10,12H,11H2,1-2H3,(H,22,23). The average Bonchev–Trinajstić information content (AvgIpc) is 3.05. The van der Waals surface area contributed by atoms with Gasteiger partial charge in [-0.1, -0.05) is 17.7 Å². The maximum Gasteiger partial charge on any atom is 0.203 e. The van der Waals surface area contributed by atoms with Gasteiger partial charge in [-0.05, 0) is 48.9 Å². The zero-order chi connectivity index (χ0) is 18.4. The van der Waals surface area contributed by atoms with Crippen molar-refractivity contribution in [1.82, 2.24) is 4.98 Å². The lowest BCUT2D eigenvalue weighted by Crippen LogP contribution is -2.00. The van der Waals surface area contributed by atoms with Crippen molar-refractivity contribution >= 4 is 34.3 Å². The third kappa shape index (κ3) is 4.97. The molecule has 0 saturated heterocycles. The van der Waals surface area contributed by atoms with Crippen LogP contribution in [0.4, 0.5) is 5.13 Å². The average molecular weight is 388 g/mol. The number of aryl methyl sites for hydroxylation is 1. The van der Waals surface area contributed by atoms with Crippen molar-refractivity contribution in [2.75, 3.05) is 12.5 Å². The highest BCUT2D eigenvalue weighted by molar-refractivity contribution is 7.13. The Balaban J connectivity index is 1.69. The number of methoxy groups -OCH3 is 1. The molecular formula is C19H18ClN3O2S. The Morgan fingerprint density at radius 1 is 1.27 bits per heavy atom. The number of nitrogens with zero attached hydrogens (tertiary/aromatic N) is 2. The molecular weight excluding hydrogens is 370 g/mol. The fraction of sp³-hybridized carbons (Fsp3) is 0.158. The number of hydrogen-bond donors (Lipinski definition) is 1. The summed E-state index contributed by atoms with van der Waals surface area (Å²) >= 11 is 7.50. The molecule has 0 aliphatic carbocycles. The molecule has 0 spiro atoms. The fourth-order valence-electron chi connectivity index (χ4n) is 2.28. The topological polar surface area (TPSA) is 55.7 Å². The molecule has 7 heteroatoms. The van der Waals surface area contributed by atoms with Gasteiger partial charge in [-0.25, -0.2) is 4.98 Å².